The molecule has 27 heavy (non-hydrogen) atoms. The molecule has 0 saturated carbocycles. The van der Waals surface area contributed by atoms with E-state index in [1.54, 1.807) is 6.92 Å². The largest absolute Gasteiger partial charge is 0.352 e. The van der Waals surface area contributed by atoms with Gasteiger partial charge in [-0.2, -0.15) is 0 Å². The number of nitrogens with one attached hydrogen (secondary N) is 3. The summed E-state index contributed by atoms with van der Waals surface area (Å²) in [6.07, 6.45) is 1.22. The molecule has 1 aliphatic rings. The predicted molar refractivity (Wildman–Crippen MR) is 103 cm³/mol. The van der Waals surface area contributed by atoms with Crippen molar-refractivity contribution in [1.82, 2.24) is 20.3 Å². The zero-order valence-corrected chi connectivity index (χ0v) is 16.6. The fraction of sp³-hybridized carbons (Fsp3) is 0.556. The lowest BCUT2D eigenvalue weighted by Crippen LogP contribution is -2.49. The third kappa shape index (κ3) is 6.84. The van der Waals surface area contributed by atoms with E-state index in [2.05, 4.69) is 16.0 Å². The lowest BCUT2D eigenvalue weighted by atomic mass is 10.1. The minimum atomic E-state index is -3.15. The number of carbonyl (C=O) groups is 2. The van der Waals surface area contributed by atoms with Crippen molar-refractivity contribution in [2.24, 2.45) is 0 Å². The zero-order valence-electron chi connectivity index (χ0n) is 15.8. The second kappa shape index (κ2) is 9.70. The number of amides is 3. The first-order valence-electron chi connectivity index (χ1n) is 9.14. The lowest BCUT2D eigenvalue weighted by Gasteiger charge is -2.31. The monoisotopic (exact) mass is 396 g/mol. The van der Waals surface area contributed by atoms with Gasteiger partial charge < -0.3 is 16.0 Å². The van der Waals surface area contributed by atoms with Crippen molar-refractivity contribution < 1.29 is 18.0 Å². The van der Waals surface area contributed by atoms with Crippen LogP contribution in [0.15, 0.2) is 24.3 Å². The number of hydrogen-bond donors (Lipinski definition) is 3. The number of sulfonamides is 1. The highest BCUT2D eigenvalue weighted by Gasteiger charge is 2.27. The van der Waals surface area contributed by atoms with E-state index in [1.807, 2.05) is 24.3 Å². The van der Waals surface area contributed by atoms with Gasteiger partial charge >= 0.3 is 6.03 Å². The van der Waals surface area contributed by atoms with E-state index in [0.29, 0.717) is 39.0 Å². The number of carbonyl (C=O) groups excluding carboxylic acids is 2. The zero-order chi connectivity index (χ0) is 19.9. The van der Waals surface area contributed by atoms with E-state index >= 15 is 0 Å². The SMILES string of the molecule is CCS(=O)(=O)N1CCC(NC(=O)NCc2cccc(CNC(C)=O)c2)CC1. The molecule has 1 aromatic carbocycles. The molecule has 0 radical (unpaired) electrons. The van der Waals surface area contributed by atoms with Crippen LogP contribution in [-0.4, -0.2) is 49.5 Å². The Bertz CT molecular complexity index is 758. The summed E-state index contributed by atoms with van der Waals surface area (Å²) in [7, 11) is -3.15. The van der Waals surface area contributed by atoms with E-state index < -0.39 is 10.0 Å². The van der Waals surface area contributed by atoms with Crippen LogP contribution in [0.25, 0.3) is 0 Å². The highest BCUT2D eigenvalue weighted by atomic mass is 32.2. The number of benzene rings is 1. The van der Waals surface area contributed by atoms with E-state index in [9.17, 15) is 18.0 Å². The molecule has 0 aromatic heterocycles. The maximum atomic E-state index is 12.1. The maximum absolute atomic E-state index is 12.1. The molecule has 3 amide bonds. The van der Waals surface area contributed by atoms with E-state index in [-0.39, 0.29) is 23.7 Å². The summed E-state index contributed by atoms with van der Waals surface area (Å²) in [5.74, 6) is 0.0164. The Balaban J connectivity index is 1.75. The Morgan fingerprint density at radius 1 is 1.11 bits per heavy atom. The standard InChI is InChI=1S/C18H28N4O4S/c1-3-27(25,26)22-9-7-17(8-10-22)21-18(24)20-13-16-6-4-5-15(11-16)12-19-14(2)23/h4-6,11,17H,3,7-10,12-13H2,1-2H3,(H,19,23)(H2,20,21,24). The average Bonchev–Trinajstić information content (AvgIpc) is 2.65. The minimum absolute atomic E-state index is 0.0283. The molecule has 0 aliphatic carbocycles. The van der Waals surface area contributed by atoms with Gasteiger partial charge in [0.1, 0.15) is 0 Å². The summed E-state index contributed by atoms with van der Waals surface area (Å²) in [5.41, 5.74) is 1.91. The van der Waals surface area contributed by atoms with Crippen LogP contribution >= 0.6 is 0 Å². The number of nitrogens with zero attached hydrogens (tertiary/aromatic N) is 1. The molecule has 8 nitrogen and oxygen atoms in total. The Hall–Kier alpha value is -2.13. The molecule has 1 fully saturated rings. The molecule has 150 valence electrons. The van der Waals surface area contributed by atoms with Gasteiger partial charge in [0, 0.05) is 39.1 Å². The van der Waals surface area contributed by atoms with Gasteiger partial charge in [-0.1, -0.05) is 24.3 Å². The van der Waals surface area contributed by atoms with Crippen LogP contribution in [-0.2, 0) is 27.9 Å². The van der Waals surface area contributed by atoms with Gasteiger partial charge in [-0.25, -0.2) is 17.5 Å². The van der Waals surface area contributed by atoms with Crippen LogP contribution in [0.2, 0.25) is 0 Å². The van der Waals surface area contributed by atoms with Crippen LogP contribution < -0.4 is 16.0 Å². The second-order valence-corrected chi connectivity index (χ2v) is 8.89. The minimum Gasteiger partial charge on any atom is -0.352 e. The summed E-state index contributed by atoms with van der Waals surface area (Å²) in [5, 5.41) is 8.47. The van der Waals surface area contributed by atoms with Gasteiger partial charge in [0.25, 0.3) is 0 Å². The van der Waals surface area contributed by atoms with Crippen LogP contribution in [0.5, 0.6) is 0 Å². The molecule has 1 heterocycles. The Labute approximate surface area is 160 Å². The summed E-state index contributed by atoms with van der Waals surface area (Å²) in [6, 6.07) is 7.35. The molecule has 0 atom stereocenters. The van der Waals surface area contributed by atoms with Crippen LogP contribution in [0.4, 0.5) is 4.79 Å². The Kier molecular flexibility index (Phi) is 7.61. The number of rotatable bonds is 7. The molecule has 3 N–H and O–H groups in total. The van der Waals surface area contributed by atoms with Crippen molar-refractivity contribution in [3.05, 3.63) is 35.4 Å². The van der Waals surface area contributed by atoms with Gasteiger partial charge in [-0.05, 0) is 30.9 Å². The molecule has 0 bridgehead atoms. The molecule has 1 saturated heterocycles. The first kappa shape index (κ1) is 21.2. The molecule has 0 spiro atoms. The number of hydrogen-bond acceptors (Lipinski definition) is 4. The Morgan fingerprint density at radius 3 is 2.26 bits per heavy atom. The highest BCUT2D eigenvalue weighted by molar-refractivity contribution is 7.89. The van der Waals surface area contributed by atoms with Gasteiger partial charge in [0.15, 0.2) is 0 Å². The van der Waals surface area contributed by atoms with Crippen molar-refractivity contribution in [3.63, 3.8) is 0 Å². The van der Waals surface area contributed by atoms with E-state index in [1.165, 1.54) is 11.2 Å². The van der Waals surface area contributed by atoms with Crippen LogP contribution in [0.3, 0.4) is 0 Å². The average molecular weight is 397 g/mol. The van der Waals surface area contributed by atoms with Crippen molar-refractivity contribution in [3.8, 4) is 0 Å². The van der Waals surface area contributed by atoms with Crippen LogP contribution in [0.1, 0.15) is 37.8 Å². The molecular formula is C18H28N4O4S. The van der Waals surface area contributed by atoms with Crippen LogP contribution in [0, 0.1) is 0 Å². The number of urea groups is 1. The van der Waals surface area contributed by atoms with Gasteiger partial charge in [0.05, 0.1) is 5.75 Å². The summed E-state index contributed by atoms with van der Waals surface area (Å²) in [4.78, 5) is 23.1. The van der Waals surface area contributed by atoms with Gasteiger partial charge in [0.2, 0.25) is 15.9 Å². The Morgan fingerprint density at radius 2 is 1.70 bits per heavy atom. The topological polar surface area (TPSA) is 108 Å². The molecule has 2 rings (SSSR count). The smallest absolute Gasteiger partial charge is 0.315 e. The predicted octanol–water partition coefficient (Wildman–Crippen LogP) is 0.936. The molecule has 1 aliphatic heterocycles. The normalized spacial score (nSPS) is 15.9. The lowest BCUT2D eigenvalue weighted by molar-refractivity contribution is -0.119. The molecule has 0 unspecified atom stereocenters. The number of piperidine rings is 1. The van der Waals surface area contributed by atoms with Gasteiger partial charge in [-0.3, -0.25) is 4.79 Å². The fourth-order valence-corrected chi connectivity index (χ4v) is 4.09. The van der Waals surface area contributed by atoms with E-state index in [4.69, 9.17) is 0 Å². The van der Waals surface area contributed by atoms with Crippen molar-refractivity contribution in [1.29, 1.82) is 0 Å². The van der Waals surface area contributed by atoms with Crippen molar-refractivity contribution in [2.75, 3.05) is 18.8 Å². The third-order valence-electron chi connectivity index (χ3n) is 4.53. The van der Waals surface area contributed by atoms with Crippen molar-refractivity contribution >= 4 is 22.0 Å². The molecule has 9 heteroatoms. The maximum Gasteiger partial charge on any atom is 0.315 e. The summed E-state index contributed by atoms with van der Waals surface area (Å²) < 4.78 is 25.2. The second-order valence-electron chi connectivity index (χ2n) is 6.63. The quantitative estimate of drug-likeness (QED) is 0.637. The first-order valence-corrected chi connectivity index (χ1v) is 10.8. The van der Waals surface area contributed by atoms with E-state index in [0.717, 1.165) is 11.1 Å². The third-order valence-corrected chi connectivity index (χ3v) is 6.41. The molecule has 1 aromatic rings. The van der Waals surface area contributed by atoms with Crippen molar-refractivity contribution in [2.45, 2.75) is 45.8 Å². The summed E-state index contributed by atoms with van der Waals surface area (Å²) in [6.45, 7) is 4.81. The summed E-state index contributed by atoms with van der Waals surface area (Å²) >= 11 is 0. The first-order chi connectivity index (χ1) is 12.8. The molecular weight excluding hydrogens is 368 g/mol. The fourth-order valence-electron chi connectivity index (χ4n) is 2.96. The highest BCUT2D eigenvalue weighted by Crippen LogP contribution is 2.14. The van der Waals surface area contributed by atoms with Gasteiger partial charge in [-0.15, -0.1) is 0 Å².